The van der Waals surface area contributed by atoms with Crippen molar-refractivity contribution in [3.8, 4) is 0 Å². The predicted octanol–water partition coefficient (Wildman–Crippen LogP) is 4.17. The maximum atomic E-state index is 13.5. The number of halogens is 2. The third-order valence-corrected chi connectivity index (χ3v) is 4.04. The van der Waals surface area contributed by atoms with Gasteiger partial charge in [0, 0.05) is 10.9 Å². The molecule has 0 amide bonds. The molecule has 1 N–H and O–H groups in total. The summed E-state index contributed by atoms with van der Waals surface area (Å²) in [5, 5.41) is 10.2. The summed E-state index contributed by atoms with van der Waals surface area (Å²) in [4.78, 5) is 0. The van der Waals surface area contributed by atoms with Crippen LogP contribution in [0.4, 0.5) is 4.39 Å². The van der Waals surface area contributed by atoms with Crippen LogP contribution < -0.4 is 0 Å². The molecule has 0 saturated carbocycles. The monoisotopic (exact) mass is 308 g/mol. The molecule has 0 saturated heterocycles. The summed E-state index contributed by atoms with van der Waals surface area (Å²) in [6, 6.07) is 12.2. The van der Waals surface area contributed by atoms with E-state index in [-0.39, 0.29) is 12.2 Å². The molecule has 0 aliphatic carbocycles. The van der Waals surface area contributed by atoms with Gasteiger partial charge in [0.2, 0.25) is 0 Å². The smallest absolute Gasteiger partial charge is 0.126 e. The molecule has 94 valence electrons. The first kappa shape index (κ1) is 13.2. The van der Waals surface area contributed by atoms with Gasteiger partial charge in [0.15, 0.2) is 0 Å². The molecular formula is C15H14BrFO. The number of rotatable bonds is 3. The molecule has 2 aromatic carbocycles. The number of benzene rings is 2. The molecule has 0 aliphatic rings. The summed E-state index contributed by atoms with van der Waals surface area (Å²) in [5.74, 6) is -0.277. The molecule has 0 aromatic heterocycles. The van der Waals surface area contributed by atoms with Crippen molar-refractivity contribution in [3.05, 3.63) is 69.4 Å². The average molecular weight is 309 g/mol. The Hall–Kier alpha value is -1.19. The summed E-state index contributed by atoms with van der Waals surface area (Å²) in [7, 11) is 0. The lowest BCUT2D eigenvalue weighted by Gasteiger charge is -2.14. The highest BCUT2D eigenvalue weighted by molar-refractivity contribution is 9.10. The van der Waals surface area contributed by atoms with Crippen LogP contribution in [0.15, 0.2) is 46.9 Å². The van der Waals surface area contributed by atoms with E-state index in [4.69, 9.17) is 0 Å². The second-order valence-electron chi connectivity index (χ2n) is 4.29. The number of aryl methyl sites for hydroxylation is 1. The lowest BCUT2D eigenvalue weighted by atomic mass is 10.00. The van der Waals surface area contributed by atoms with Gasteiger partial charge in [-0.15, -0.1) is 0 Å². The van der Waals surface area contributed by atoms with Gasteiger partial charge in [0.05, 0.1) is 6.10 Å². The molecule has 0 spiro atoms. The number of hydrogen-bond donors (Lipinski definition) is 1. The minimum atomic E-state index is -0.712. The Morgan fingerprint density at radius 3 is 2.61 bits per heavy atom. The Morgan fingerprint density at radius 1 is 1.17 bits per heavy atom. The Bertz CT molecular complexity index is 554. The van der Waals surface area contributed by atoms with Crippen LogP contribution >= 0.6 is 15.9 Å². The number of hydrogen-bond acceptors (Lipinski definition) is 1. The lowest BCUT2D eigenvalue weighted by molar-refractivity contribution is 0.176. The second kappa shape index (κ2) is 5.63. The highest BCUT2D eigenvalue weighted by Gasteiger charge is 2.14. The van der Waals surface area contributed by atoms with E-state index in [1.807, 2.05) is 25.1 Å². The minimum Gasteiger partial charge on any atom is -0.388 e. The Labute approximate surface area is 114 Å². The van der Waals surface area contributed by atoms with Crippen molar-refractivity contribution in [2.24, 2.45) is 0 Å². The quantitative estimate of drug-likeness (QED) is 0.902. The maximum Gasteiger partial charge on any atom is 0.126 e. The zero-order valence-corrected chi connectivity index (χ0v) is 11.6. The molecule has 3 heteroatoms. The van der Waals surface area contributed by atoms with Gasteiger partial charge in [0.25, 0.3) is 0 Å². The summed E-state index contributed by atoms with van der Waals surface area (Å²) < 4.78 is 14.4. The largest absolute Gasteiger partial charge is 0.388 e. The summed E-state index contributed by atoms with van der Waals surface area (Å²) in [6.07, 6.45) is -0.439. The normalized spacial score (nSPS) is 12.4. The standard InChI is InChI=1S/C15H14BrFO/c1-10-5-4-7-12(15(10)16)14(18)9-11-6-2-3-8-13(11)17/h2-8,14,18H,9H2,1H3. The SMILES string of the molecule is Cc1cccc(C(O)Cc2ccccc2F)c1Br. The van der Waals surface area contributed by atoms with Crippen molar-refractivity contribution >= 4 is 15.9 Å². The van der Waals surface area contributed by atoms with E-state index >= 15 is 0 Å². The van der Waals surface area contributed by atoms with Gasteiger partial charge in [-0.3, -0.25) is 0 Å². The fraction of sp³-hybridized carbons (Fsp3) is 0.200. The highest BCUT2D eigenvalue weighted by Crippen LogP contribution is 2.29. The van der Waals surface area contributed by atoms with E-state index in [0.29, 0.717) is 5.56 Å². The van der Waals surface area contributed by atoms with Gasteiger partial charge in [-0.1, -0.05) is 52.3 Å². The van der Waals surface area contributed by atoms with E-state index in [1.54, 1.807) is 18.2 Å². The Morgan fingerprint density at radius 2 is 1.89 bits per heavy atom. The topological polar surface area (TPSA) is 20.2 Å². The molecule has 0 heterocycles. The molecule has 1 atom stereocenters. The van der Waals surface area contributed by atoms with Crippen molar-refractivity contribution in [2.45, 2.75) is 19.4 Å². The average Bonchev–Trinajstić information content (AvgIpc) is 2.35. The van der Waals surface area contributed by atoms with E-state index in [0.717, 1.165) is 15.6 Å². The first-order valence-electron chi connectivity index (χ1n) is 5.76. The molecule has 0 bridgehead atoms. The molecule has 0 aliphatic heterocycles. The molecule has 1 nitrogen and oxygen atoms in total. The molecule has 18 heavy (non-hydrogen) atoms. The molecule has 0 radical (unpaired) electrons. The molecular weight excluding hydrogens is 295 g/mol. The molecule has 1 unspecified atom stereocenters. The van der Waals surface area contributed by atoms with Gasteiger partial charge in [-0.05, 0) is 29.7 Å². The molecule has 2 aromatic rings. The summed E-state index contributed by atoms with van der Waals surface area (Å²) >= 11 is 3.46. The van der Waals surface area contributed by atoms with Gasteiger partial charge >= 0.3 is 0 Å². The van der Waals surface area contributed by atoms with Crippen molar-refractivity contribution < 1.29 is 9.50 Å². The van der Waals surface area contributed by atoms with E-state index in [2.05, 4.69) is 15.9 Å². The lowest BCUT2D eigenvalue weighted by Crippen LogP contribution is -2.04. The van der Waals surface area contributed by atoms with Gasteiger partial charge in [-0.25, -0.2) is 4.39 Å². The first-order chi connectivity index (χ1) is 8.59. The Kier molecular flexibility index (Phi) is 4.15. The van der Waals surface area contributed by atoms with Crippen LogP contribution in [0.3, 0.4) is 0 Å². The fourth-order valence-electron chi connectivity index (χ4n) is 1.91. The van der Waals surface area contributed by atoms with Crippen LogP contribution in [-0.4, -0.2) is 5.11 Å². The van der Waals surface area contributed by atoms with Gasteiger partial charge in [-0.2, -0.15) is 0 Å². The predicted molar refractivity (Wildman–Crippen MR) is 73.9 cm³/mol. The summed E-state index contributed by atoms with van der Waals surface area (Å²) in [5.41, 5.74) is 2.37. The maximum absolute atomic E-state index is 13.5. The first-order valence-corrected chi connectivity index (χ1v) is 6.55. The van der Waals surface area contributed by atoms with Crippen LogP contribution in [0.5, 0.6) is 0 Å². The van der Waals surface area contributed by atoms with E-state index in [1.165, 1.54) is 6.07 Å². The fourth-order valence-corrected chi connectivity index (χ4v) is 2.44. The van der Waals surface area contributed by atoms with Crippen molar-refractivity contribution in [1.29, 1.82) is 0 Å². The van der Waals surface area contributed by atoms with Crippen LogP contribution in [-0.2, 0) is 6.42 Å². The zero-order valence-electron chi connectivity index (χ0n) is 10.0. The van der Waals surface area contributed by atoms with Crippen molar-refractivity contribution in [3.63, 3.8) is 0 Å². The highest BCUT2D eigenvalue weighted by atomic mass is 79.9. The summed E-state index contributed by atoms with van der Waals surface area (Å²) in [6.45, 7) is 1.96. The van der Waals surface area contributed by atoms with Crippen LogP contribution in [0, 0.1) is 12.7 Å². The van der Waals surface area contributed by atoms with Crippen LogP contribution in [0.25, 0.3) is 0 Å². The van der Waals surface area contributed by atoms with Crippen LogP contribution in [0.1, 0.15) is 22.8 Å². The van der Waals surface area contributed by atoms with Gasteiger partial charge < -0.3 is 5.11 Å². The third-order valence-electron chi connectivity index (χ3n) is 2.95. The molecule has 2 rings (SSSR count). The van der Waals surface area contributed by atoms with E-state index < -0.39 is 6.10 Å². The zero-order chi connectivity index (χ0) is 13.1. The third kappa shape index (κ3) is 2.79. The second-order valence-corrected chi connectivity index (χ2v) is 5.08. The van der Waals surface area contributed by atoms with E-state index in [9.17, 15) is 9.50 Å². The Balaban J connectivity index is 2.25. The number of aliphatic hydroxyl groups excluding tert-OH is 1. The minimum absolute atomic E-state index is 0.273. The number of aliphatic hydroxyl groups is 1. The van der Waals surface area contributed by atoms with Crippen LogP contribution in [0.2, 0.25) is 0 Å². The molecule has 0 fully saturated rings. The van der Waals surface area contributed by atoms with Gasteiger partial charge in [0.1, 0.15) is 5.82 Å². The van der Waals surface area contributed by atoms with Crippen molar-refractivity contribution in [1.82, 2.24) is 0 Å². The van der Waals surface area contributed by atoms with Crippen molar-refractivity contribution in [2.75, 3.05) is 0 Å².